The predicted octanol–water partition coefficient (Wildman–Crippen LogP) is 5.70. The lowest BCUT2D eigenvalue weighted by molar-refractivity contribution is -0.118. The molecule has 0 bridgehead atoms. The second-order valence-corrected chi connectivity index (χ2v) is 9.53. The number of fused-ring (bicyclic) bond motifs is 1. The van der Waals surface area contributed by atoms with Gasteiger partial charge in [0.2, 0.25) is 5.91 Å². The molecule has 1 atom stereocenters. The lowest BCUT2D eigenvalue weighted by atomic mass is 9.73. The van der Waals surface area contributed by atoms with E-state index in [-0.39, 0.29) is 17.1 Å². The maximum absolute atomic E-state index is 13.5. The minimum atomic E-state index is -0.451. The molecule has 1 aliphatic heterocycles. The minimum absolute atomic E-state index is 0.0801. The van der Waals surface area contributed by atoms with Gasteiger partial charge in [-0.05, 0) is 55.5 Å². The predicted molar refractivity (Wildman–Crippen MR) is 131 cm³/mol. The molecule has 168 valence electrons. The van der Waals surface area contributed by atoms with Gasteiger partial charge in [-0.1, -0.05) is 38.1 Å². The number of ketones is 1. The van der Waals surface area contributed by atoms with Gasteiger partial charge in [-0.2, -0.15) is 0 Å². The van der Waals surface area contributed by atoms with Crippen LogP contribution in [0.2, 0.25) is 0 Å². The van der Waals surface area contributed by atoms with E-state index >= 15 is 0 Å². The van der Waals surface area contributed by atoms with Gasteiger partial charge in [-0.15, -0.1) is 0 Å². The Hall–Kier alpha value is -3.08. The molecule has 0 spiro atoms. The van der Waals surface area contributed by atoms with Crippen molar-refractivity contribution in [1.82, 2.24) is 0 Å². The maximum atomic E-state index is 13.5. The Morgan fingerprint density at radius 1 is 1.06 bits per heavy atom. The van der Waals surface area contributed by atoms with E-state index in [0.717, 1.165) is 47.8 Å². The van der Waals surface area contributed by atoms with Gasteiger partial charge in [0.15, 0.2) is 5.78 Å². The van der Waals surface area contributed by atoms with E-state index in [1.165, 1.54) is 0 Å². The Bertz CT molecular complexity index is 1060. The van der Waals surface area contributed by atoms with Crippen LogP contribution in [0.25, 0.3) is 0 Å². The number of anilines is 3. The average Bonchev–Trinajstić information content (AvgIpc) is 2.88. The molecule has 32 heavy (non-hydrogen) atoms. The topological polar surface area (TPSA) is 52.7 Å². The zero-order valence-corrected chi connectivity index (χ0v) is 19.7. The van der Waals surface area contributed by atoms with Gasteiger partial charge in [-0.25, -0.2) is 0 Å². The van der Waals surface area contributed by atoms with Crippen molar-refractivity contribution < 1.29 is 9.59 Å². The molecule has 0 saturated heterocycles. The molecular formula is C27H33N3O2. The molecule has 0 aromatic heterocycles. The van der Waals surface area contributed by atoms with E-state index in [4.69, 9.17) is 0 Å². The van der Waals surface area contributed by atoms with Crippen molar-refractivity contribution in [2.75, 3.05) is 28.2 Å². The Balaban J connectivity index is 1.92. The molecule has 1 N–H and O–H groups in total. The average molecular weight is 432 g/mol. The third-order valence-electron chi connectivity index (χ3n) is 6.58. The molecule has 1 heterocycles. The highest BCUT2D eigenvalue weighted by molar-refractivity contribution is 6.05. The number of hydrogen-bond acceptors (Lipinski definition) is 4. The highest BCUT2D eigenvalue weighted by Crippen LogP contribution is 2.48. The Kier molecular flexibility index (Phi) is 5.85. The molecule has 0 radical (unpaired) electrons. The van der Waals surface area contributed by atoms with Crippen molar-refractivity contribution in [3.8, 4) is 0 Å². The van der Waals surface area contributed by atoms with Crippen LogP contribution in [0, 0.1) is 5.41 Å². The van der Waals surface area contributed by atoms with E-state index in [2.05, 4.69) is 62.2 Å². The zero-order chi connectivity index (χ0) is 23.0. The fraction of sp³-hybridized carbons (Fsp3) is 0.407. The number of allylic oxidation sites excluding steroid dienone is 1. The van der Waals surface area contributed by atoms with Crippen molar-refractivity contribution in [2.24, 2.45) is 5.41 Å². The molecule has 0 saturated carbocycles. The van der Waals surface area contributed by atoms with Crippen molar-refractivity contribution in [2.45, 2.75) is 53.5 Å². The first kappa shape index (κ1) is 22.1. The summed E-state index contributed by atoms with van der Waals surface area (Å²) in [5, 5.41) is 3.54. The summed E-state index contributed by atoms with van der Waals surface area (Å²) in [6, 6.07) is 15.7. The van der Waals surface area contributed by atoms with Gasteiger partial charge in [0.1, 0.15) is 0 Å². The first-order chi connectivity index (χ1) is 15.3. The highest BCUT2D eigenvalue weighted by atomic mass is 16.2. The smallest absolute Gasteiger partial charge is 0.224 e. The van der Waals surface area contributed by atoms with Gasteiger partial charge in [-0.3, -0.25) is 14.5 Å². The molecule has 1 aliphatic carbocycles. The standard InChI is InChI=1S/C27H33N3O2/c1-6-29(7-2)20-14-12-19(13-15-20)26-25-22(16-27(4,5)17-24(25)32)28-21-10-8-9-11-23(21)30(26)18(3)31/h8-15,26,28H,6-7,16-17H2,1-5H3. The van der Waals surface area contributed by atoms with Crippen LogP contribution in [0.3, 0.4) is 0 Å². The molecule has 2 aliphatic rings. The zero-order valence-electron chi connectivity index (χ0n) is 19.7. The molecule has 2 aromatic rings. The second-order valence-electron chi connectivity index (χ2n) is 9.53. The Morgan fingerprint density at radius 2 is 1.72 bits per heavy atom. The van der Waals surface area contributed by atoms with Gasteiger partial charge < -0.3 is 10.2 Å². The third-order valence-corrected chi connectivity index (χ3v) is 6.58. The number of carbonyl (C=O) groups excluding carboxylic acids is 2. The van der Waals surface area contributed by atoms with E-state index in [1.54, 1.807) is 11.8 Å². The minimum Gasteiger partial charge on any atom is -0.372 e. The third kappa shape index (κ3) is 3.92. The van der Waals surface area contributed by atoms with Crippen LogP contribution >= 0.6 is 0 Å². The SMILES string of the molecule is CCN(CC)c1ccc(C2C3=C(CC(C)(C)CC3=O)Nc3ccccc3N2C(C)=O)cc1. The van der Waals surface area contributed by atoms with Gasteiger partial charge >= 0.3 is 0 Å². The second kappa shape index (κ2) is 8.45. The fourth-order valence-corrected chi connectivity index (χ4v) is 5.11. The summed E-state index contributed by atoms with van der Waals surface area (Å²) in [5.74, 6) is 0.0316. The summed E-state index contributed by atoms with van der Waals surface area (Å²) in [6.07, 6.45) is 1.24. The summed E-state index contributed by atoms with van der Waals surface area (Å²) in [4.78, 5) is 30.6. The van der Waals surface area contributed by atoms with E-state index in [1.807, 2.05) is 24.3 Å². The van der Waals surface area contributed by atoms with Gasteiger partial charge in [0.25, 0.3) is 0 Å². The first-order valence-electron chi connectivity index (χ1n) is 11.5. The molecule has 1 amide bonds. The quantitative estimate of drug-likeness (QED) is 0.675. The van der Waals surface area contributed by atoms with Crippen molar-refractivity contribution in [3.05, 3.63) is 65.4 Å². The molecular weight excluding hydrogens is 398 g/mol. The van der Waals surface area contributed by atoms with Crippen molar-refractivity contribution in [3.63, 3.8) is 0 Å². The lowest BCUT2D eigenvalue weighted by Crippen LogP contribution is -2.38. The maximum Gasteiger partial charge on any atom is 0.224 e. The number of nitrogens with zero attached hydrogens (tertiary/aromatic N) is 2. The number of carbonyl (C=O) groups is 2. The van der Waals surface area contributed by atoms with Crippen LogP contribution < -0.4 is 15.1 Å². The summed E-state index contributed by atoms with van der Waals surface area (Å²) in [6.45, 7) is 12.0. The molecule has 5 nitrogen and oxygen atoms in total. The Labute approximate surface area is 191 Å². The number of rotatable bonds is 4. The van der Waals surface area contributed by atoms with Crippen molar-refractivity contribution >= 4 is 28.8 Å². The van der Waals surface area contributed by atoms with Gasteiger partial charge in [0.05, 0.1) is 17.4 Å². The number of para-hydroxylation sites is 2. The fourth-order valence-electron chi connectivity index (χ4n) is 5.11. The van der Waals surface area contributed by atoms with E-state index < -0.39 is 6.04 Å². The number of nitrogens with one attached hydrogen (secondary N) is 1. The van der Waals surface area contributed by atoms with Crippen LogP contribution in [-0.2, 0) is 9.59 Å². The van der Waals surface area contributed by atoms with Crippen LogP contribution in [0.1, 0.15) is 59.1 Å². The number of Topliss-reactive ketones (excluding diaryl/α,β-unsaturated/α-hetero) is 1. The highest BCUT2D eigenvalue weighted by Gasteiger charge is 2.42. The monoisotopic (exact) mass is 431 g/mol. The molecule has 1 unspecified atom stereocenters. The van der Waals surface area contributed by atoms with Gasteiger partial charge in [0, 0.05) is 43.4 Å². The first-order valence-corrected chi connectivity index (χ1v) is 11.5. The molecule has 0 fully saturated rings. The normalized spacial score (nSPS) is 19.6. The number of hydrogen-bond donors (Lipinski definition) is 1. The van der Waals surface area contributed by atoms with Crippen LogP contribution in [0.4, 0.5) is 17.1 Å². The van der Waals surface area contributed by atoms with Crippen LogP contribution in [0.15, 0.2) is 59.8 Å². The van der Waals surface area contributed by atoms with E-state index in [0.29, 0.717) is 12.0 Å². The van der Waals surface area contributed by atoms with Crippen LogP contribution in [0.5, 0.6) is 0 Å². The molecule has 2 aromatic carbocycles. The van der Waals surface area contributed by atoms with Crippen LogP contribution in [-0.4, -0.2) is 24.8 Å². The molecule has 5 heteroatoms. The summed E-state index contributed by atoms with van der Waals surface area (Å²) >= 11 is 0. The van der Waals surface area contributed by atoms with Crippen molar-refractivity contribution in [1.29, 1.82) is 0 Å². The lowest BCUT2D eigenvalue weighted by Gasteiger charge is -2.37. The number of benzene rings is 2. The largest absolute Gasteiger partial charge is 0.372 e. The van der Waals surface area contributed by atoms with E-state index in [9.17, 15) is 9.59 Å². The summed E-state index contributed by atoms with van der Waals surface area (Å²) in [7, 11) is 0. The molecule has 4 rings (SSSR count). The number of amides is 1. The summed E-state index contributed by atoms with van der Waals surface area (Å²) in [5.41, 5.74) is 5.29. The Morgan fingerprint density at radius 3 is 2.34 bits per heavy atom. The summed E-state index contributed by atoms with van der Waals surface area (Å²) < 4.78 is 0.